The Balaban J connectivity index is 1.67. The molecule has 0 aromatic heterocycles. The van der Waals surface area contributed by atoms with Crippen LogP contribution in [0.15, 0.2) is 108 Å². The Morgan fingerprint density at radius 1 is 0.886 bits per heavy atom. The molecule has 6 nitrogen and oxygen atoms in total. The summed E-state index contributed by atoms with van der Waals surface area (Å²) in [4.78, 5) is 13.3. The Morgan fingerprint density at radius 3 is 2.23 bits per heavy atom. The van der Waals surface area contributed by atoms with Crippen LogP contribution in [-0.2, 0) is 14.8 Å². The van der Waals surface area contributed by atoms with Crippen molar-refractivity contribution in [2.75, 3.05) is 7.11 Å². The van der Waals surface area contributed by atoms with Crippen molar-refractivity contribution in [2.24, 2.45) is 0 Å². The van der Waals surface area contributed by atoms with Crippen LogP contribution in [0.3, 0.4) is 0 Å². The fraction of sp³-hybridized carbons (Fsp3) is 0.107. The number of sulfonamides is 1. The van der Waals surface area contributed by atoms with Gasteiger partial charge in [-0.3, -0.25) is 0 Å². The third-order valence-corrected chi connectivity index (χ3v) is 7.06. The quantitative estimate of drug-likeness (QED) is 0.206. The molecule has 0 spiro atoms. The van der Waals surface area contributed by atoms with Gasteiger partial charge in [0.2, 0.25) is 10.0 Å². The van der Waals surface area contributed by atoms with Gasteiger partial charge in [0.05, 0.1) is 23.6 Å². The number of fused-ring (bicyclic) bond motifs is 1. The Labute approximate surface area is 204 Å². The minimum Gasteiger partial charge on any atom is -0.497 e. The highest BCUT2D eigenvalue weighted by Crippen LogP contribution is 2.29. The van der Waals surface area contributed by atoms with Crippen LogP contribution in [0, 0.1) is 6.92 Å². The summed E-state index contributed by atoms with van der Waals surface area (Å²) >= 11 is 0. The number of hydrogen-bond acceptors (Lipinski definition) is 5. The monoisotopic (exact) mass is 487 g/mol. The topological polar surface area (TPSA) is 81.7 Å². The summed E-state index contributed by atoms with van der Waals surface area (Å²) in [6, 6.07) is 25.0. The van der Waals surface area contributed by atoms with E-state index in [4.69, 9.17) is 9.47 Å². The molecule has 7 heteroatoms. The smallest absolute Gasteiger partial charge is 0.340 e. The molecule has 0 radical (unpaired) electrons. The second kappa shape index (κ2) is 10.1. The number of rotatable bonds is 8. The fourth-order valence-corrected chi connectivity index (χ4v) is 4.86. The molecule has 4 rings (SSSR count). The van der Waals surface area contributed by atoms with Gasteiger partial charge in [0.15, 0.2) is 0 Å². The largest absolute Gasteiger partial charge is 0.497 e. The molecule has 1 unspecified atom stereocenters. The zero-order valence-corrected chi connectivity index (χ0v) is 20.2. The average molecular weight is 488 g/mol. The van der Waals surface area contributed by atoms with Crippen molar-refractivity contribution in [3.63, 3.8) is 0 Å². The van der Waals surface area contributed by atoms with Crippen molar-refractivity contribution in [3.8, 4) is 11.5 Å². The third kappa shape index (κ3) is 5.42. The molecule has 1 N–H and O–H groups in total. The van der Waals surface area contributed by atoms with Crippen LogP contribution in [0.2, 0.25) is 0 Å². The Morgan fingerprint density at radius 2 is 1.54 bits per heavy atom. The summed E-state index contributed by atoms with van der Waals surface area (Å²) in [6.45, 7) is 5.78. The standard InChI is InChI=1S/C28H25NO5S/c1-19-11-17-24(18-12-19)35(31,32)29-27(22-13-15-23(33-3)16-14-22)20(2)28(30)34-26-10-6-8-21-7-4-5-9-25(21)26/h4-18,27,29H,2H2,1,3H3. The van der Waals surface area contributed by atoms with Gasteiger partial charge in [-0.05, 0) is 48.2 Å². The lowest BCUT2D eigenvalue weighted by Crippen LogP contribution is -2.33. The zero-order valence-electron chi connectivity index (χ0n) is 19.4. The maximum Gasteiger partial charge on any atom is 0.340 e. The predicted octanol–water partition coefficient (Wildman–Crippen LogP) is 5.34. The summed E-state index contributed by atoms with van der Waals surface area (Å²) in [6.07, 6.45) is 0. The molecule has 0 bridgehead atoms. The van der Waals surface area contributed by atoms with Gasteiger partial charge in [0.1, 0.15) is 11.5 Å². The highest BCUT2D eigenvalue weighted by Gasteiger charge is 2.28. The lowest BCUT2D eigenvalue weighted by atomic mass is 10.0. The van der Waals surface area contributed by atoms with Gasteiger partial charge in [-0.25, -0.2) is 13.2 Å². The van der Waals surface area contributed by atoms with E-state index in [1.807, 2.05) is 37.3 Å². The molecule has 0 aliphatic heterocycles. The Bertz CT molecular complexity index is 1470. The van der Waals surface area contributed by atoms with Crippen molar-refractivity contribution >= 4 is 26.8 Å². The van der Waals surface area contributed by atoms with E-state index in [1.165, 1.54) is 19.2 Å². The molecular formula is C28H25NO5S. The van der Waals surface area contributed by atoms with Crippen LogP contribution >= 0.6 is 0 Å². The van der Waals surface area contributed by atoms with E-state index in [9.17, 15) is 13.2 Å². The summed E-state index contributed by atoms with van der Waals surface area (Å²) in [5.41, 5.74) is 1.39. The van der Waals surface area contributed by atoms with Crippen LogP contribution in [-0.4, -0.2) is 21.5 Å². The first-order chi connectivity index (χ1) is 16.8. The van der Waals surface area contributed by atoms with Crippen molar-refractivity contribution in [1.29, 1.82) is 0 Å². The van der Waals surface area contributed by atoms with Crippen LogP contribution in [0.1, 0.15) is 17.2 Å². The predicted molar refractivity (Wildman–Crippen MR) is 136 cm³/mol. The van der Waals surface area contributed by atoms with E-state index in [0.29, 0.717) is 17.1 Å². The summed E-state index contributed by atoms with van der Waals surface area (Å²) < 4.78 is 39.9. The second-order valence-electron chi connectivity index (χ2n) is 8.03. The van der Waals surface area contributed by atoms with E-state index in [-0.39, 0.29) is 10.5 Å². The van der Waals surface area contributed by atoms with Crippen molar-refractivity contribution < 1.29 is 22.7 Å². The summed E-state index contributed by atoms with van der Waals surface area (Å²) in [7, 11) is -2.44. The molecule has 0 aliphatic rings. The van der Waals surface area contributed by atoms with Gasteiger partial charge in [-0.2, -0.15) is 4.72 Å². The summed E-state index contributed by atoms with van der Waals surface area (Å²) in [5, 5.41) is 1.67. The van der Waals surface area contributed by atoms with E-state index in [0.717, 1.165) is 16.3 Å². The lowest BCUT2D eigenvalue weighted by Gasteiger charge is -2.21. The van der Waals surface area contributed by atoms with Crippen LogP contribution < -0.4 is 14.2 Å². The fourth-order valence-electron chi connectivity index (χ4n) is 3.65. The van der Waals surface area contributed by atoms with Gasteiger partial charge in [0, 0.05) is 5.39 Å². The number of benzene rings is 4. The first-order valence-electron chi connectivity index (χ1n) is 10.9. The molecule has 4 aromatic rings. The number of carbonyl (C=O) groups excluding carboxylic acids is 1. The number of aryl methyl sites for hydroxylation is 1. The van der Waals surface area contributed by atoms with E-state index < -0.39 is 22.0 Å². The molecule has 0 amide bonds. The molecule has 0 fully saturated rings. The van der Waals surface area contributed by atoms with E-state index in [2.05, 4.69) is 11.3 Å². The van der Waals surface area contributed by atoms with Crippen molar-refractivity contribution in [1.82, 2.24) is 4.72 Å². The number of carbonyl (C=O) groups is 1. The molecule has 1 atom stereocenters. The number of esters is 1. The molecular weight excluding hydrogens is 462 g/mol. The van der Waals surface area contributed by atoms with Gasteiger partial charge in [-0.1, -0.05) is 72.8 Å². The van der Waals surface area contributed by atoms with Gasteiger partial charge in [-0.15, -0.1) is 0 Å². The van der Waals surface area contributed by atoms with Gasteiger partial charge < -0.3 is 9.47 Å². The lowest BCUT2D eigenvalue weighted by molar-refractivity contribution is -0.130. The van der Waals surface area contributed by atoms with Crippen molar-refractivity contribution in [2.45, 2.75) is 17.9 Å². The molecule has 178 valence electrons. The first kappa shape index (κ1) is 24.2. The summed E-state index contributed by atoms with van der Waals surface area (Å²) in [5.74, 6) is 0.218. The normalized spacial score (nSPS) is 12.2. The van der Waals surface area contributed by atoms with Crippen LogP contribution in [0.25, 0.3) is 10.8 Å². The minimum absolute atomic E-state index is 0.0567. The van der Waals surface area contributed by atoms with E-state index >= 15 is 0 Å². The van der Waals surface area contributed by atoms with E-state index in [1.54, 1.807) is 48.5 Å². The molecule has 0 heterocycles. The van der Waals surface area contributed by atoms with Crippen molar-refractivity contribution in [3.05, 3.63) is 114 Å². The highest BCUT2D eigenvalue weighted by molar-refractivity contribution is 7.89. The Hall–Kier alpha value is -3.94. The van der Waals surface area contributed by atoms with Crippen LogP contribution in [0.4, 0.5) is 0 Å². The van der Waals surface area contributed by atoms with Gasteiger partial charge >= 0.3 is 5.97 Å². The maximum absolute atomic E-state index is 13.2. The molecule has 0 saturated carbocycles. The zero-order chi connectivity index (χ0) is 25.0. The second-order valence-corrected chi connectivity index (χ2v) is 9.75. The third-order valence-electron chi connectivity index (χ3n) is 5.62. The number of methoxy groups -OCH3 is 1. The van der Waals surface area contributed by atoms with Crippen LogP contribution in [0.5, 0.6) is 11.5 Å². The number of nitrogens with one attached hydrogen (secondary N) is 1. The SMILES string of the molecule is C=C(C(=O)Oc1cccc2ccccc12)C(NS(=O)(=O)c1ccc(C)cc1)c1ccc(OC)cc1. The molecule has 35 heavy (non-hydrogen) atoms. The molecule has 0 saturated heterocycles. The van der Waals surface area contributed by atoms with Gasteiger partial charge in [0.25, 0.3) is 0 Å². The number of hydrogen-bond donors (Lipinski definition) is 1. The minimum atomic E-state index is -3.98. The average Bonchev–Trinajstić information content (AvgIpc) is 2.87. The molecule has 0 aliphatic carbocycles. The number of ether oxygens (including phenoxy) is 2. The first-order valence-corrected chi connectivity index (χ1v) is 12.4. The Kier molecular flexibility index (Phi) is 7.00. The highest BCUT2D eigenvalue weighted by atomic mass is 32.2. The maximum atomic E-state index is 13.2. The molecule has 4 aromatic carbocycles.